The molecule has 1 aromatic rings. The smallest absolute Gasteiger partial charge is 0.188 e. The van der Waals surface area contributed by atoms with Gasteiger partial charge in [-0.1, -0.05) is 18.2 Å². The van der Waals surface area contributed by atoms with E-state index >= 15 is 0 Å². The van der Waals surface area contributed by atoms with E-state index in [1.807, 2.05) is 0 Å². The summed E-state index contributed by atoms with van der Waals surface area (Å²) in [4.78, 5) is 11.0. The van der Waals surface area contributed by atoms with Crippen LogP contribution in [0.25, 0.3) is 0 Å². The first-order valence-corrected chi connectivity index (χ1v) is 3.75. The summed E-state index contributed by atoms with van der Waals surface area (Å²) in [6.45, 7) is 3.16. The fourth-order valence-electron chi connectivity index (χ4n) is 0.845. The molecule has 0 spiro atoms. The molecule has 68 valence electrons. The van der Waals surface area contributed by atoms with Crippen LogP contribution in [-0.4, -0.2) is 5.78 Å². The first-order valence-electron chi connectivity index (χ1n) is 3.37. The number of hydrogen-bond acceptors (Lipinski definition) is 1. The van der Waals surface area contributed by atoms with Crippen LogP contribution in [0.15, 0.2) is 24.8 Å². The van der Waals surface area contributed by atoms with Gasteiger partial charge in [-0.05, 0) is 18.2 Å². The van der Waals surface area contributed by atoms with Gasteiger partial charge in [0.1, 0.15) is 0 Å². The van der Waals surface area contributed by atoms with Crippen molar-refractivity contribution in [1.82, 2.24) is 0 Å². The zero-order valence-electron chi connectivity index (χ0n) is 6.48. The molecular weight excluding hydrogens is 198 g/mol. The van der Waals surface area contributed by atoms with Crippen LogP contribution in [0, 0.1) is 11.6 Å². The van der Waals surface area contributed by atoms with Crippen LogP contribution in [0.1, 0.15) is 10.4 Å². The molecule has 0 atom stereocenters. The summed E-state index contributed by atoms with van der Waals surface area (Å²) in [5, 5.41) is -0.0240. The Morgan fingerprint density at radius 1 is 1.46 bits per heavy atom. The predicted molar refractivity (Wildman–Crippen MR) is 45.9 cm³/mol. The summed E-state index contributed by atoms with van der Waals surface area (Å²) in [7, 11) is 0. The minimum absolute atomic E-state index is 0.0240. The molecule has 0 aliphatic rings. The van der Waals surface area contributed by atoms with Crippen LogP contribution in [0.4, 0.5) is 8.78 Å². The number of benzene rings is 1. The van der Waals surface area contributed by atoms with E-state index in [1.54, 1.807) is 0 Å². The molecule has 1 aromatic carbocycles. The Morgan fingerprint density at radius 3 is 2.62 bits per heavy atom. The van der Waals surface area contributed by atoms with E-state index in [0.29, 0.717) is 0 Å². The number of allylic oxidation sites excluding steroid dienone is 1. The molecule has 0 unspecified atom stereocenters. The lowest BCUT2D eigenvalue weighted by Crippen LogP contribution is -2.00. The number of hydrogen-bond donors (Lipinski definition) is 0. The third kappa shape index (κ3) is 1.92. The molecular formula is C9H5ClF2O. The van der Waals surface area contributed by atoms with Crippen LogP contribution < -0.4 is 0 Å². The molecule has 0 heterocycles. The average molecular weight is 203 g/mol. The van der Waals surface area contributed by atoms with E-state index in [4.69, 9.17) is 11.6 Å². The largest absolute Gasteiger partial charge is 0.289 e. The molecule has 1 rings (SSSR count). The maximum Gasteiger partial charge on any atom is 0.188 e. The number of rotatable bonds is 2. The molecule has 0 fully saturated rings. The molecule has 13 heavy (non-hydrogen) atoms. The second-order valence-electron chi connectivity index (χ2n) is 2.32. The van der Waals surface area contributed by atoms with E-state index in [0.717, 1.165) is 18.2 Å². The summed E-state index contributed by atoms with van der Waals surface area (Å²) in [5.41, 5.74) is -0.403. The first kappa shape index (κ1) is 9.86. The Morgan fingerprint density at radius 2 is 2.08 bits per heavy atom. The van der Waals surface area contributed by atoms with Crippen LogP contribution in [0.5, 0.6) is 0 Å². The highest BCUT2D eigenvalue weighted by atomic mass is 35.5. The van der Waals surface area contributed by atoms with Gasteiger partial charge in [0.2, 0.25) is 0 Å². The fourth-order valence-corrected chi connectivity index (χ4v) is 1.05. The zero-order valence-corrected chi connectivity index (χ0v) is 7.24. The van der Waals surface area contributed by atoms with Crippen molar-refractivity contribution in [2.45, 2.75) is 0 Å². The molecule has 0 aromatic heterocycles. The summed E-state index contributed by atoms with van der Waals surface area (Å²) in [6, 6.07) is 1.86. The highest BCUT2D eigenvalue weighted by molar-refractivity contribution is 6.31. The second-order valence-corrected chi connectivity index (χ2v) is 2.75. The number of ketones is 1. The van der Waals surface area contributed by atoms with Gasteiger partial charge in [-0.25, -0.2) is 8.78 Å². The van der Waals surface area contributed by atoms with Crippen molar-refractivity contribution in [3.05, 3.63) is 47.0 Å². The third-order valence-corrected chi connectivity index (χ3v) is 1.66. The van der Waals surface area contributed by atoms with Gasteiger partial charge in [0.05, 0.1) is 5.56 Å². The standard InChI is InChI=1S/C9H5ClF2O/c1-2-8(13)6-3-5(10)4-7(11)9(6)12/h2-4H,1H2. The van der Waals surface area contributed by atoms with Gasteiger partial charge >= 0.3 is 0 Å². The van der Waals surface area contributed by atoms with Gasteiger partial charge in [0.25, 0.3) is 0 Å². The monoisotopic (exact) mass is 202 g/mol. The minimum Gasteiger partial charge on any atom is -0.289 e. The molecule has 0 amide bonds. The second kappa shape index (κ2) is 3.66. The summed E-state index contributed by atoms with van der Waals surface area (Å²) >= 11 is 5.43. The molecule has 1 nitrogen and oxygen atoms in total. The highest BCUT2D eigenvalue weighted by Gasteiger charge is 2.14. The van der Waals surface area contributed by atoms with Gasteiger partial charge in [0.15, 0.2) is 17.4 Å². The fraction of sp³-hybridized carbons (Fsp3) is 0. The molecule has 0 aliphatic heterocycles. The van der Waals surface area contributed by atoms with E-state index in [1.165, 1.54) is 0 Å². The highest BCUT2D eigenvalue weighted by Crippen LogP contribution is 2.19. The van der Waals surface area contributed by atoms with E-state index in [-0.39, 0.29) is 5.02 Å². The number of carbonyl (C=O) groups is 1. The van der Waals surface area contributed by atoms with Crippen molar-refractivity contribution < 1.29 is 13.6 Å². The van der Waals surface area contributed by atoms with Gasteiger partial charge < -0.3 is 0 Å². The predicted octanol–water partition coefficient (Wildman–Crippen LogP) is 2.99. The van der Waals surface area contributed by atoms with E-state index < -0.39 is 23.0 Å². The molecule has 4 heteroatoms. The van der Waals surface area contributed by atoms with Crippen molar-refractivity contribution in [2.24, 2.45) is 0 Å². The maximum atomic E-state index is 12.9. The lowest BCUT2D eigenvalue weighted by atomic mass is 10.1. The summed E-state index contributed by atoms with van der Waals surface area (Å²) in [6.07, 6.45) is 0.897. The molecule has 0 aliphatic carbocycles. The van der Waals surface area contributed by atoms with Crippen LogP contribution in [0.2, 0.25) is 5.02 Å². The summed E-state index contributed by atoms with van der Waals surface area (Å²) < 4.78 is 25.6. The van der Waals surface area contributed by atoms with Gasteiger partial charge in [-0.3, -0.25) is 4.79 Å². The van der Waals surface area contributed by atoms with E-state index in [9.17, 15) is 13.6 Å². The number of halogens is 3. The number of carbonyl (C=O) groups excluding carboxylic acids is 1. The topological polar surface area (TPSA) is 17.1 Å². The van der Waals surface area contributed by atoms with Crippen LogP contribution in [0.3, 0.4) is 0 Å². The van der Waals surface area contributed by atoms with E-state index in [2.05, 4.69) is 6.58 Å². The van der Waals surface area contributed by atoms with Gasteiger partial charge in [-0.2, -0.15) is 0 Å². The lowest BCUT2D eigenvalue weighted by Gasteiger charge is -2.00. The summed E-state index contributed by atoms with van der Waals surface area (Å²) in [5.74, 6) is -3.04. The van der Waals surface area contributed by atoms with Gasteiger partial charge in [-0.15, -0.1) is 0 Å². The first-order chi connectivity index (χ1) is 6.06. The lowest BCUT2D eigenvalue weighted by molar-refractivity contribution is 0.104. The quantitative estimate of drug-likeness (QED) is 0.409. The Kier molecular flexibility index (Phi) is 2.78. The van der Waals surface area contributed by atoms with Gasteiger partial charge in [0, 0.05) is 5.02 Å². The molecule has 0 saturated heterocycles. The average Bonchev–Trinajstić information content (AvgIpc) is 2.10. The minimum atomic E-state index is -1.20. The zero-order chi connectivity index (χ0) is 10.0. The molecule has 0 saturated carbocycles. The SMILES string of the molecule is C=CC(=O)c1cc(Cl)cc(F)c1F. The Labute approximate surface area is 78.6 Å². The van der Waals surface area contributed by atoms with Crippen molar-refractivity contribution in [2.75, 3.05) is 0 Å². The Bertz CT molecular complexity index is 374. The Hall–Kier alpha value is -1.22. The normalized spacial score (nSPS) is 9.77. The van der Waals surface area contributed by atoms with Crippen molar-refractivity contribution in [3.63, 3.8) is 0 Å². The Balaban J connectivity index is 3.36. The van der Waals surface area contributed by atoms with Crippen molar-refractivity contribution >= 4 is 17.4 Å². The molecule has 0 radical (unpaired) electrons. The van der Waals surface area contributed by atoms with Crippen LogP contribution in [-0.2, 0) is 0 Å². The van der Waals surface area contributed by atoms with Crippen LogP contribution >= 0.6 is 11.6 Å². The van der Waals surface area contributed by atoms with Crippen molar-refractivity contribution in [1.29, 1.82) is 0 Å². The molecule has 0 N–H and O–H groups in total. The maximum absolute atomic E-state index is 12.9. The van der Waals surface area contributed by atoms with Crippen molar-refractivity contribution in [3.8, 4) is 0 Å². The molecule has 0 bridgehead atoms. The third-order valence-electron chi connectivity index (χ3n) is 1.44.